The van der Waals surface area contributed by atoms with Crippen LogP contribution in [0.4, 0.5) is 5.69 Å². The number of pyridine rings is 1. The van der Waals surface area contributed by atoms with Crippen molar-refractivity contribution in [1.82, 2.24) is 9.88 Å². The number of aromatic nitrogens is 1. The predicted molar refractivity (Wildman–Crippen MR) is 62.2 cm³/mol. The zero-order valence-corrected chi connectivity index (χ0v) is 10.3. The Kier molecular flexibility index (Phi) is 2.65. The fourth-order valence-electron chi connectivity index (χ4n) is 1.64. The molecule has 0 aliphatic carbocycles. The molecule has 1 aliphatic rings. The van der Waals surface area contributed by atoms with Gasteiger partial charge in [-0.2, -0.15) is 0 Å². The molecular weight excluding hydrogens is 258 g/mol. The Balaban J connectivity index is 2.60. The van der Waals surface area contributed by atoms with Gasteiger partial charge in [0.05, 0.1) is 21.9 Å². The summed E-state index contributed by atoms with van der Waals surface area (Å²) in [4.78, 5) is 19.9. The summed E-state index contributed by atoms with van der Waals surface area (Å²) in [6, 6.07) is 0. The molecule has 5 heteroatoms. The van der Waals surface area contributed by atoms with Crippen molar-refractivity contribution in [3.8, 4) is 0 Å². The summed E-state index contributed by atoms with van der Waals surface area (Å²) in [5.74, 6) is 0.0450. The van der Waals surface area contributed by atoms with E-state index >= 15 is 0 Å². The average Bonchev–Trinajstić information content (AvgIpc) is 2.32. The lowest BCUT2D eigenvalue weighted by atomic mass is 10.2. The fourth-order valence-corrected chi connectivity index (χ4v) is 2.13. The van der Waals surface area contributed by atoms with Gasteiger partial charge in [-0.3, -0.25) is 9.78 Å². The first-order chi connectivity index (χ1) is 7.11. The molecular formula is C10H12BrN3O. The molecule has 0 aromatic carbocycles. The maximum absolute atomic E-state index is 12.0. The van der Waals surface area contributed by atoms with Crippen LogP contribution in [0.3, 0.4) is 0 Å². The van der Waals surface area contributed by atoms with Gasteiger partial charge in [0.25, 0.3) is 5.91 Å². The molecule has 1 aromatic heterocycles. The standard InChI is InChI=1S/C10H12BrN3O/c1-13-3-4-14(2)10(15)9-7(11)5-12-6-8(9)13/h5-6H,3-4H2,1-2H3. The van der Waals surface area contributed by atoms with Gasteiger partial charge in [-0.15, -0.1) is 0 Å². The molecule has 1 amide bonds. The summed E-state index contributed by atoms with van der Waals surface area (Å²) >= 11 is 3.38. The zero-order valence-electron chi connectivity index (χ0n) is 8.70. The second-order valence-corrected chi connectivity index (χ2v) is 4.52. The van der Waals surface area contributed by atoms with Crippen molar-refractivity contribution >= 4 is 27.5 Å². The van der Waals surface area contributed by atoms with Gasteiger partial charge in [0.2, 0.25) is 0 Å². The third-order valence-corrected chi connectivity index (χ3v) is 3.22. The van der Waals surface area contributed by atoms with E-state index in [2.05, 4.69) is 25.8 Å². The molecule has 0 saturated carbocycles. The van der Waals surface area contributed by atoms with Crippen LogP contribution in [0.25, 0.3) is 0 Å². The molecule has 0 radical (unpaired) electrons. The number of fused-ring (bicyclic) bond motifs is 1. The summed E-state index contributed by atoms with van der Waals surface area (Å²) in [6.07, 6.45) is 3.39. The van der Waals surface area contributed by atoms with Crippen LogP contribution in [0.2, 0.25) is 0 Å². The summed E-state index contributed by atoms with van der Waals surface area (Å²) in [5.41, 5.74) is 1.59. The van der Waals surface area contributed by atoms with Crippen molar-refractivity contribution in [1.29, 1.82) is 0 Å². The monoisotopic (exact) mass is 269 g/mol. The summed E-state index contributed by atoms with van der Waals surface area (Å²) in [5, 5.41) is 0. The lowest BCUT2D eigenvalue weighted by Crippen LogP contribution is -2.30. The number of likely N-dealkylation sites (N-methyl/N-ethyl adjacent to an activating group) is 2. The van der Waals surface area contributed by atoms with Crippen molar-refractivity contribution in [2.24, 2.45) is 0 Å². The molecule has 15 heavy (non-hydrogen) atoms. The highest BCUT2D eigenvalue weighted by atomic mass is 79.9. The molecule has 0 atom stereocenters. The zero-order chi connectivity index (χ0) is 11.0. The van der Waals surface area contributed by atoms with E-state index in [-0.39, 0.29) is 5.91 Å². The van der Waals surface area contributed by atoms with Crippen LogP contribution in [0.15, 0.2) is 16.9 Å². The Labute approximate surface area is 97.0 Å². The number of nitrogens with zero attached hydrogens (tertiary/aromatic N) is 3. The maximum atomic E-state index is 12.0. The Hall–Kier alpha value is -1.10. The molecule has 0 N–H and O–H groups in total. The molecule has 1 aromatic rings. The molecule has 0 unspecified atom stereocenters. The van der Waals surface area contributed by atoms with E-state index in [1.54, 1.807) is 17.3 Å². The Morgan fingerprint density at radius 1 is 1.27 bits per heavy atom. The topological polar surface area (TPSA) is 36.4 Å². The highest BCUT2D eigenvalue weighted by Gasteiger charge is 2.24. The first kappa shape index (κ1) is 10.4. The average molecular weight is 270 g/mol. The van der Waals surface area contributed by atoms with Gasteiger partial charge in [0, 0.05) is 33.4 Å². The van der Waals surface area contributed by atoms with Crippen LogP contribution in [0.5, 0.6) is 0 Å². The summed E-state index contributed by atoms with van der Waals surface area (Å²) in [6.45, 7) is 1.56. The van der Waals surface area contributed by atoms with Gasteiger partial charge in [-0.05, 0) is 15.9 Å². The molecule has 0 saturated heterocycles. The van der Waals surface area contributed by atoms with Crippen molar-refractivity contribution in [3.63, 3.8) is 0 Å². The number of carbonyl (C=O) groups excluding carboxylic acids is 1. The maximum Gasteiger partial charge on any atom is 0.257 e. The van der Waals surface area contributed by atoms with Gasteiger partial charge in [-0.25, -0.2) is 0 Å². The Morgan fingerprint density at radius 2 is 1.93 bits per heavy atom. The van der Waals surface area contributed by atoms with Crippen LogP contribution >= 0.6 is 15.9 Å². The van der Waals surface area contributed by atoms with Crippen molar-refractivity contribution in [2.75, 3.05) is 32.1 Å². The second-order valence-electron chi connectivity index (χ2n) is 3.66. The molecule has 0 spiro atoms. The number of rotatable bonds is 0. The molecule has 0 fully saturated rings. The quantitative estimate of drug-likeness (QED) is 0.714. The normalized spacial score (nSPS) is 16.3. The molecule has 2 rings (SSSR count). The SMILES string of the molecule is CN1CCN(C)c2cncc(Br)c2C1=O. The number of anilines is 1. The van der Waals surface area contributed by atoms with E-state index in [0.29, 0.717) is 5.56 Å². The van der Waals surface area contributed by atoms with Crippen LogP contribution in [-0.4, -0.2) is 43.0 Å². The highest BCUT2D eigenvalue weighted by molar-refractivity contribution is 9.10. The minimum absolute atomic E-state index is 0.0450. The fraction of sp³-hybridized carbons (Fsp3) is 0.400. The van der Waals surface area contributed by atoms with Gasteiger partial charge in [0.1, 0.15) is 0 Å². The first-order valence-electron chi connectivity index (χ1n) is 4.71. The number of hydrogen-bond acceptors (Lipinski definition) is 3. The number of amides is 1. The third-order valence-electron chi connectivity index (χ3n) is 2.62. The lowest BCUT2D eigenvalue weighted by molar-refractivity contribution is 0.0804. The van der Waals surface area contributed by atoms with E-state index in [4.69, 9.17) is 0 Å². The van der Waals surface area contributed by atoms with E-state index in [0.717, 1.165) is 23.2 Å². The van der Waals surface area contributed by atoms with Gasteiger partial charge >= 0.3 is 0 Å². The molecule has 4 nitrogen and oxygen atoms in total. The van der Waals surface area contributed by atoms with Crippen molar-refractivity contribution in [3.05, 3.63) is 22.4 Å². The van der Waals surface area contributed by atoms with Crippen LogP contribution in [-0.2, 0) is 0 Å². The lowest BCUT2D eigenvalue weighted by Gasteiger charge is -2.17. The third kappa shape index (κ3) is 1.71. The second kappa shape index (κ2) is 3.81. The number of halogens is 1. The van der Waals surface area contributed by atoms with Gasteiger partial charge in [0.15, 0.2) is 0 Å². The minimum atomic E-state index is 0.0450. The summed E-state index contributed by atoms with van der Waals surface area (Å²) < 4.78 is 0.755. The number of hydrogen-bond donors (Lipinski definition) is 0. The molecule has 80 valence electrons. The Bertz CT molecular complexity index is 408. The smallest absolute Gasteiger partial charge is 0.257 e. The van der Waals surface area contributed by atoms with Crippen molar-refractivity contribution in [2.45, 2.75) is 0 Å². The number of carbonyl (C=O) groups is 1. The van der Waals surface area contributed by atoms with Crippen molar-refractivity contribution < 1.29 is 4.79 Å². The van der Waals surface area contributed by atoms with Crippen LogP contribution in [0.1, 0.15) is 10.4 Å². The van der Waals surface area contributed by atoms with Crippen LogP contribution < -0.4 is 4.90 Å². The van der Waals surface area contributed by atoms with Gasteiger partial charge < -0.3 is 9.80 Å². The van der Waals surface area contributed by atoms with Crippen LogP contribution in [0, 0.1) is 0 Å². The first-order valence-corrected chi connectivity index (χ1v) is 5.50. The van der Waals surface area contributed by atoms with Gasteiger partial charge in [-0.1, -0.05) is 0 Å². The molecule has 0 bridgehead atoms. The Morgan fingerprint density at radius 3 is 2.67 bits per heavy atom. The van der Waals surface area contributed by atoms with E-state index in [1.807, 2.05) is 14.1 Å². The van der Waals surface area contributed by atoms with E-state index in [1.165, 1.54) is 0 Å². The highest BCUT2D eigenvalue weighted by Crippen LogP contribution is 2.28. The molecule has 1 aliphatic heterocycles. The summed E-state index contributed by atoms with van der Waals surface area (Å²) in [7, 11) is 3.79. The van der Waals surface area contributed by atoms with E-state index in [9.17, 15) is 4.79 Å². The predicted octanol–water partition coefficient (Wildman–Crippen LogP) is 1.37. The minimum Gasteiger partial charge on any atom is -0.371 e. The molecule has 2 heterocycles. The van der Waals surface area contributed by atoms with E-state index < -0.39 is 0 Å². The largest absolute Gasteiger partial charge is 0.371 e.